The van der Waals surface area contributed by atoms with Gasteiger partial charge in [-0.15, -0.1) is 0 Å². The Labute approximate surface area is 299 Å². The van der Waals surface area contributed by atoms with Gasteiger partial charge in [0.05, 0.1) is 5.41 Å². The van der Waals surface area contributed by atoms with Gasteiger partial charge in [0.1, 0.15) is 0 Å². The largest absolute Gasteiger partial charge is 0.319 e. The normalized spacial score (nSPS) is 13.3. The average Bonchev–Trinajstić information content (AvgIpc) is 3.88. The van der Waals surface area contributed by atoms with Gasteiger partial charge < -0.3 is 9.13 Å². The molecule has 1 spiro atoms. The Morgan fingerprint density at radius 2 is 0.647 bits per heavy atom. The number of fused-ring (bicyclic) bond motifs is 10. The number of aryl methyl sites for hydroxylation is 4. The highest BCUT2D eigenvalue weighted by Gasteiger charge is 2.51. The molecule has 0 bridgehead atoms. The van der Waals surface area contributed by atoms with Crippen molar-refractivity contribution < 1.29 is 0 Å². The molecule has 0 aliphatic heterocycles. The maximum Gasteiger partial charge on any atom is 0.0725 e. The van der Waals surface area contributed by atoms with E-state index in [4.69, 9.17) is 0 Å². The lowest BCUT2D eigenvalue weighted by molar-refractivity contribution is 0.794. The van der Waals surface area contributed by atoms with Crippen LogP contribution in [-0.2, 0) is 5.41 Å². The first-order chi connectivity index (χ1) is 24.9. The fourth-order valence-electron chi connectivity index (χ4n) is 9.26. The second-order valence-electron chi connectivity index (χ2n) is 14.4. The van der Waals surface area contributed by atoms with Gasteiger partial charge in [-0.1, -0.05) is 97.1 Å². The number of nitrogens with zero attached hydrogens (tertiary/aromatic N) is 2. The molecule has 0 radical (unpaired) electrons. The van der Waals surface area contributed by atoms with Crippen molar-refractivity contribution in [3.8, 4) is 55.9 Å². The number of hydrogen-bond acceptors (Lipinski definition) is 0. The molecule has 0 saturated heterocycles. The van der Waals surface area contributed by atoms with E-state index in [0.29, 0.717) is 0 Å². The lowest BCUT2D eigenvalue weighted by Crippen LogP contribution is -2.26. The minimum Gasteiger partial charge on any atom is -0.319 e. The molecule has 8 aromatic rings. The first-order valence-corrected chi connectivity index (χ1v) is 17.9. The summed E-state index contributed by atoms with van der Waals surface area (Å²) in [6.45, 7) is 8.67. The van der Waals surface area contributed by atoms with Gasteiger partial charge >= 0.3 is 0 Å². The topological polar surface area (TPSA) is 9.86 Å². The van der Waals surface area contributed by atoms with E-state index in [0.717, 1.165) is 0 Å². The van der Waals surface area contributed by atoms with Crippen molar-refractivity contribution in [1.29, 1.82) is 0 Å². The van der Waals surface area contributed by atoms with E-state index in [2.05, 4.69) is 195 Å². The highest BCUT2D eigenvalue weighted by atomic mass is 15.0. The van der Waals surface area contributed by atoms with Crippen LogP contribution < -0.4 is 0 Å². The minimum atomic E-state index is -0.414. The van der Waals surface area contributed by atoms with Crippen molar-refractivity contribution in [3.05, 3.63) is 203 Å². The molecule has 0 saturated carbocycles. The Morgan fingerprint density at radius 3 is 1.04 bits per heavy atom. The van der Waals surface area contributed by atoms with Crippen LogP contribution in [0.15, 0.2) is 158 Å². The lowest BCUT2D eigenvalue weighted by atomic mass is 9.70. The monoisotopic (exact) mass is 654 g/mol. The number of rotatable bonds is 4. The molecule has 6 aromatic carbocycles. The molecule has 0 amide bonds. The van der Waals surface area contributed by atoms with Crippen LogP contribution in [-0.4, -0.2) is 9.13 Å². The second kappa shape index (κ2) is 10.9. The molecule has 51 heavy (non-hydrogen) atoms. The molecule has 2 heterocycles. The summed E-state index contributed by atoms with van der Waals surface area (Å²) in [6, 6.07) is 59.3. The molecular formula is C49H38N2. The molecule has 0 unspecified atom stereocenters. The summed E-state index contributed by atoms with van der Waals surface area (Å²) in [7, 11) is 0. The van der Waals surface area contributed by atoms with E-state index < -0.39 is 5.41 Å². The van der Waals surface area contributed by atoms with E-state index in [-0.39, 0.29) is 0 Å². The third-order valence-corrected chi connectivity index (χ3v) is 11.5. The van der Waals surface area contributed by atoms with E-state index in [1.54, 1.807) is 0 Å². The van der Waals surface area contributed by atoms with Gasteiger partial charge in [-0.2, -0.15) is 0 Å². The summed E-state index contributed by atoms with van der Waals surface area (Å²) in [6.07, 6.45) is 0. The van der Waals surface area contributed by atoms with Crippen molar-refractivity contribution in [2.45, 2.75) is 33.1 Å². The summed E-state index contributed by atoms with van der Waals surface area (Å²) < 4.78 is 4.64. The Kier molecular flexibility index (Phi) is 6.38. The Bertz CT molecular complexity index is 2440. The quantitative estimate of drug-likeness (QED) is 0.179. The van der Waals surface area contributed by atoms with Crippen LogP contribution in [0.25, 0.3) is 55.9 Å². The molecule has 0 atom stereocenters. The minimum absolute atomic E-state index is 0.414. The van der Waals surface area contributed by atoms with Crippen LogP contribution in [0.5, 0.6) is 0 Å². The van der Waals surface area contributed by atoms with Gasteiger partial charge in [-0.3, -0.25) is 0 Å². The summed E-state index contributed by atoms with van der Waals surface area (Å²) in [5.74, 6) is 0. The van der Waals surface area contributed by atoms with E-state index in [1.807, 2.05) is 0 Å². The predicted molar refractivity (Wildman–Crippen MR) is 211 cm³/mol. The third kappa shape index (κ3) is 4.17. The highest BCUT2D eigenvalue weighted by molar-refractivity contribution is 5.96. The third-order valence-electron chi connectivity index (χ3n) is 11.5. The molecule has 2 aliphatic carbocycles. The van der Waals surface area contributed by atoms with Gasteiger partial charge in [0.25, 0.3) is 0 Å². The molecule has 2 heteroatoms. The molecule has 10 rings (SSSR count). The van der Waals surface area contributed by atoms with Crippen molar-refractivity contribution in [2.75, 3.05) is 0 Å². The SMILES string of the molecule is Cc1ccc(C)n1-c1ccc(-c2ccc3c(c2)C2(c4ccccc4-3)c3ccccc3-c3ccc(-c4ccc(-n5c(C)ccc5C)cc4)cc32)cc1. The first kappa shape index (κ1) is 29.8. The van der Waals surface area contributed by atoms with Crippen molar-refractivity contribution in [2.24, 2.45) is 0 Å². The maximum absolute atomic E-state index is 2.48. The van der Waals surface area contributed by atoms with Gasteiger partial charge in [-0.25, -0.2) is 0 Å². The van der Waals surface area contributed by atoms with Gasteiger partial charge in [-0.05, 0) is 155 Å². The van der Waals surface area contributed by atoms with Crippen molar-refractivity contribution in [3.63, 3.8) is 0 Å². The number of aromatic nitrogens is 2. The first-order valence-electron chi connectivity index (χ1n) is 17.9. The van der Waals surface area contributed by atoms with E-state index >= 15 is 0 Å². The van der Waals surface area contributed by atoms with Crippen LogP contribution in [0.4, 0.5) is 0 Å². The van der Waals surface area contributed by atoms with Gasteiger partial charge in [0, 0.05) is 34.2 Å². The number of benzene rings is 6. The standard InChI is InChI=1S/C49H38N2/c1-31-13-14-32(2)50(31)39-23-17-35(18-24-39)37-21-27-43-41-9-5-7-11-45(41)49(47(43)29-37)46-12-8-6-10-42(46)44-28-22-38(30-48(44)49)36-19-25-40(26-20-36)51-33(3)15-16-34(51)4/h5-30H,1-4H3. The predicted octanol–water partition coefficient (Wildman–Crippen LogP) is 12.2. The smallest absolute Gasteiger partial charge is 0.0725 e. The summed E-state index contributed by atoms with van der Waals surface area (Å²) in [4.78, 5) is 0. The highest BCUT2D eigenvalue weighted by Crippen LogP contribution is 2.63. The average molecular weight is 655 g/mol. The van der Waals surface area contributed by atoms with E-state index in [1.165, 1.54) is 101 Å². The lowest BCUT2D eigenvalue weighted by Gasteiger charge is -2.31. The Morgan fingerprint density at radius 1 is 0.314 bits per heavy atom. The van der Waals surface area contributed by atoms with Crippen LogP contribution in [0, 0.1) is 27.7 Å². The zero-order valence-corrected chi connectivity index (χ0v) is 29.4. The molecule has 244 valence electrons. The van der Waals surface area contributed by atoms with Crippen LogP contribution >= 0.6 is 0 Å². The van der Waals surface area contributed by atoms with Gasteiger partial charge in [0.15, 0.2) is 0 Å². The molecular weight excluding hydrogens is 617 g/mol. The maximum atomic E-state index is 2.48. The van der Waals surface area contributed by atoms with Crippen LogP contribution in [0.3, 0.4) is 0 Å². The Hall–Kier alpha value is -6.12. The summed E-state index contributed by atoms with van der Waals surface area (Å²) in [5.41, 5.74) is 22.6. The molecule has 2 aromatic heterocycles. The summed E-state index contributed by atoms with van der Waals surface area (Å²) >= 11 is 0. The zero-order chi connectivity index (χ0) is 34.4. The molecule has 2 nitrogen and oxygen atoms in total. The Balaban J connectivity index is 1.15. The van der Waals surface area contributed by atoms with Crippen molar-refractivity contribution in [1.82, 2.24) is 9.13 Å². The molecule has 0 N–H and O–H groups in total. The molecule has 0 fully saturated rings. The number of hydrogen-bond donors (Lipinski definition) is 0. The van der Waals surface area contributed by atoms with E-state index in [9.17, 15) is 0 Å². The fourth-order valence-corrected chi connectivity index (χ4v) is 9.26. The molecule has 2 aliphatic rings. The fraction of sp³-hybridized carbons (Fsp3) is 0.102. The second-order valence-corrected chi connectivity index (χ2v) is 14.4. The summed E-state index contributed by atoms with van der Waals surface area (Å²) in [5, 5.41) is 0. The zero-order valence-electron chi connectivity index (χ0n) is 29.4. The van der Waals surface area contributed by atoms with Gasteiger partial charge in [0.2, 0.25) is 0 Å². The van der Waals surface area contributed by atoms with Crippen LogP contribution in [0.1, 0.15) is 45.0 Å². The van der Waals surface area contributed by atoms with Crippen LogP contribution in [0.2, 0.25) is 0 Å². The van der Waals surface area contributed by atoms with Crippen molar-refractivity contribution >= 4 is 0 Å².